The number of rotatable bonds is 8. The molecule has 6 heteroatoms. The molecular weight excluding hydrogens is 292 g/mol. The Kier molecular flexibility index (Phi) is 6.46. The summed E-state index contributed by atoms with van der Waals surface area (Å²) in [6, 6.07) is 7.38. The van der Waals surface area contributed by atoms with E-state index in [0.717, 1.165) is 5.56 Å². The number of halogens is 2. The lowest BCUT2D eigenvalue weighted by atomic mass is 9.75. The number of benzene rings is 1. The van der Waals surface area contributed by atoms with Crippen molar-refractivity contribution in [2.45, 2.75) is 51.0 Å². The van der Waals surface area contributed by atoms with Gasteiger partial charge in [-0.2, -0.15) is 0 Å². The number of nitrogens with one attached hydrogen (secondary N) is 1. The van der Waals surface area contributed by atoms with Crippen LogP contribution in [0.1, 0.15) is 38.7 Å². The first-order valence-corrected chi connectivity index (χ1v) is 7.24. The molecule has 4 nitrogen and oxygen atoms in total. The van der Waals surface area contributed by atoms with Crippen molar-refractivity contribution in [2.24, 2.45) is 0 Å². The van der Waals surface area contributed by atoms with Crippen molar-refractivity contribution in [2.75, 3.05) is 0 Å². The molecule has 1 aromatic carbocycles. The predicted molar refractivity (Wildman–Crippen MR) is 78.9 cm³/mol. The Bertz CT molecular complexity index is 501. The molecule has 0 aliphatic carbocycles. The molecule has 0 aliphatic heterocycles. The third-order valence-electron chi connectivity index (χ3n) is 3.99. The zero-order valence-corrected chi connectivity index (χ0v) is 12.7. The fraction of sp³-hybridized carbons (Fsp3) is 0.500. The lowest BCUT2D eigenvalue weighted by Crippen LogP contribution is -2.51. The van der Waals surface area contributed by atoms with Crippen LogP contribution in [0.3, 0.4) is 0 Å². The lowest BCUT2D eigenvalue weighted by molar-refractivity contribution is -0.144. The predicted octanol–water partition coefficient (Wildman–Crippen LogP) is 2.97. The average Bonchev–Trinajstić information content (AvgIpc) is 2.49. The van der Waals surface area contributed by atoms with Gasteiger partial charge in [-0.25, -0.2) is 13.6 Å². The van der Waals surface area contributed by atoms with Crippen LogP contribution < -0.4 is 5.32 Å². The molecule has 0 spiro atoms. The molecule has 0 saturated heterocycles. The molecule has 0 aliphatic rings. The van der Waals surface area contributed by atoms with Gasteiger partial charge in [-0.15, -0.1) is 0 Å². The van der Waals surface area contributed by atoms with E-state index in [4.69, 9.17) is 5.11 Å². The third kappa shape index (κ3) is 4.02. The van der Waals surface area contributed by atoms with Crippen molar-refractivity contribution in [1.29, 1.82) is 0 Å². The van der Waals surface area contributed by atoms with Crippen molar-refractivity contribution in [1.82, 2.24) is 5.32 Å². The van der Waals surface area contributed by atoms with Gasteiger partial charge < -0.3 is 10.4 Å². The van der Waals surface area contributed by atoms with Gasteiger partial charge in [-0.1, -0.05) is 44.2 Å². The van der Waals surface area contributed by atoms with Crippen molar-refractivity contribution >= 4 is 11.9 Å². The average molecular weight is 313 g/mol. The van der Waals surface area contributed by atoms with Crippen molar-refractivity contribution in [3.8, 4) is 0 Å². The van der Waals surface area contributed by atoms with Gasteiger partial charge in [-0.05, 0) is 18.4 Å². The summed E-state index contributed by atoms with van der Waals surface area (Å²) in [5, 5.41) is 11.3. The maximum atomic E-state index is 12.6. The van der Waals surface area contributed by atoms with Gasteiger partial charge in [0.25, 0.3) is 0 Å². The van der Waals surface area contributed by atoms with E-state index in [1.54, 1.807) is 24.3 Å². The minimum Gasteiger partial charge on any atom is -0.480 e. The minimum absolute atomic E-state index is 0.445. The topological polar surface area (TPSA) is 66.4 Å². The number of amides is 1. The van der Waals surface area contributed by atoms with Crippen LogP contribution in [0.2, 0.25) is 0 Å². The van der Waals surface area contributed by atoms with Crippen LogP contribution in [0.5, 0.6) is 0 Å². The van der Waals surface area contributed by atoms with Crippen LogP contribution in [-0.2, 0) is 15.0 Å². The van der Waals surface area contributed by atoms with Gasteiger partial charge in [0.1, 0.15) is 6.04 Å². The van der Waals surface area contributed by atoms with Crippen LogP contribution in [0, 0.1) is 0 Å². The number of hydrogen-bond donors (Lipinski definition) is 2. The smallest absolute Gasteiger partial charge is 0.326 e. The molecule has 2 N–H and O–H groups in total. The molecule has 22 heavy (non-hydrogen) atoms. The first-order chi connectivity index (χ1) is 10.4. The van der Waals surface area contributed by atoms with Crippen molar-refractivity contribution in [3.05, 3.63) is 35.9 Å². The molecule has 0 aromatic heterocycles. The fourth-order valence-electron chi connectivity index (χ4n) is 2.56. The summed E-state index contributed by atoms with van der Waals surface area (Å²) >= 11 is 0. The number of alkyl halides is 2. The maximum absolute atomic E-state index is 12.6. The summed E-state index contributed by atoms with van der Waals surface area (Å²) < 4.78 is 24.9. The molecule has 0 radical (unpaired) electrons. The highest BCUT2D eigenvalue weighted by atomic mass is 19.3. The van der Waals surface area contributed by atoms with Crippen LogP contribution in [0.15, 0.2) is 30.3 Å². The monoisotopic (exact) mass is 313 g/mol. The molecule has 0 heterocycles. The van der Waals surface area contributed by atoms with E-state index >= 15 is 0 Å². The summed E-state index contributed by atoms with van der Waals surface area (Å²) in [6.07, 6.45) is -2.81. The molecule has 1 atom stereocenters. The second-order valence-corrected chi connectivity index (χ2v) is 5.15. The highest BCUT2D eigenvalue weighted by Crippen LogP contribution is 2.32. The van der Waals surface area contributed by atoms with Gasteiger partial charge in [0, 0.05) is 6.42 Å². The molecule has 1 rings (SSSR count). The van der Waals surface area contributed by atoms with Crippen LogP contribution >= 0.6 is 0 Å². The van der Waals surface area contributed by atoms with Gasteiger partial charge in [0.05, 0.1) is 5.41 Å². The summed E-state index contributed by atoms with van der Waals surface area (Å²) in [7, 11) is 0. The Morgan fingerprint density at radius 3 is 2.14 bits per heavy atom. The number of aliphatic carboxylic acids is 1. The quantitative estimate of drug-likeness (QED) is 0.775. The normalized spacial score (nSPS) is 13.0. The molecule has 0 fully saturated rings. The molecule has 1 amide bonds. The van der Waals surface area contributed by atoms with Gasteiger partial charge in [0.2, 0.25) is 12.3 Å². The molecule has 1 aromatic rings. The summed E-state index contributed by atoms with van der Waals surface area (Å²) in [5.41, 5.74) is -0.171. The number of carbonyl (C=O) groups excluding carboxylic acids is 1. The van der Waals surface area contributed by atoms with Crippen LogP contribution in [0.25, 0.3) is 0 Å². The second kappa shape index (κ2) is 7.87. The van der Waals surface area contributed by atoms with Crippen LogP contribution in [0.4, 0.5) is 8.78 Å². The number of carboxylic acids is 1. The molecule has 0 bridgehead atoms. The lowest BCUT2D eigenvalue weighted by Gasteiger charge is -2.32. The largest absolute Gasteiger partial charge is 0.480 e. The molecular formula is C16H21F2NO3. The number of hydrogen-bond acceptors (Lipinski definition) is 2. The van der Waals surface area contributed by atoms with Gasteiger partial charge in [-0.3, -0.25) is 4.79 Å². The summed E-state index contributed by atoms with van der Waals surface area (Å²) in [6.45, 7) is 3.64. The molecule has 0 saturated carbocycles. The first-order valence-electron chi connectivity index (χ1n) is 7.24. The summed E-state index contributed by atoms with van der Waals surface area (Å²) in [5.74, 6) is -1.99. The van der Waals surface area contributed by atoms with Crippen molar-refractivity contribution < 1.29 is 23.5 Å². The Morgan fingerprint density at radius 1 is 1.18 bits per heavy atom. The zero-order valence-electron chi connectivity index (χ0n) is 12.7. The Hall–Kier alpha value is -1.98. The van der Waals surface area contributed by atoms with Gasteiger partial charge >= 0.3 is 5.97 Å². The number of carboxylic acid groups (broad SMARTS) is 1. The molecule has 1 unspecified atom stereocenters. The maximum Gasteiger partial charge on any atom is 0.326 e. The van der Waals surface area contributed by atoms with E-state index in [1.807, 2.05) is 19.9 Å². The fourth-order valence-corrected chi connectivity index (χ4v) is 2.56. The van der Waals surface area contributed by atoms with E-state index in [2.05, 4.69) is 5.32 Å². The third-order valence-corrected chi connectivity index (χ3v) is 3.99. The number of carbonyl (C=O) groups is 2. The van der Waals surface area contributed by atoms with Gasteiger partial charge in [0.15, 0.2) is 0 Å². The van der Waals surface area contributed by atoms with E-state index in [9.17, 15) is 18.4 Å². The highest BCUT2D eigenvalue weighted by molar-refractivity contribution is 5.91. The van der Waals surface area contributed by atoms with E-state index in [-0.39, 0.29) is 0 Å². The van der Waals surface area contributed by atoms with E-state index < -0.39 is 36.2 Å². The molecule has 122 valence electrons. The highest BCUT2D eigenvalue weighted by Gasteiger charge is 2.39. The second-order valence-electron chi connectivity index (χ2n) is 5.15. The SMILES string of the molecule is CCC(CC)(C(=O)NC(CC(F)F)C(=O)O)c1ccccc1. The first kappa shape index (κ1) is 18.1. The Labute approximate surface area is 128 Å². The zero-order chi connectivity index (χ0) is 16.8. The Balaban J connectivity index is 3.06. The van der Waals surface area contributed by atoms with Crippen LogP contribution in [-0.4, -0.2) is 29.5 Å². The van der Waals surface area contributed by atoms with Crippen molar-refractivity contribution in [3.63, 3.8) is 0 Å². The standard InChI is InChI=1S/C16H21F2NO3/c1-3-16(4-2,11-8-6-5-7-9-11)15(22)19-12(14(20)21)10-13(17)18/h5-9,12-13H,3-4,10H2,1-2H3,(H,19,22)(H,20,21). The minimum atomic E-state index is -2.80. The Morgan fingerprint density at radius 2 is 1.73 bits per heavy atom. The summed E-state index contributed by atoms with van der Waals surface area (Å²) in [4.78, 5) is 23.7. The van der Waals surface area contributed by atoms with E-state index in [1.165, 1.54) is 0 Å². The van der Waals surface area contributed by atoms with E-state index in [0.29, 0.717) is 12.8 Å².